The Morgan fingerprint density at radius 1 is 1.33 bits per heavy atom. The Morgan fingerprint density at radius 3 is 2.67 bits per heavy atom. The van der Waals surface area contributed by atoms with Crippen LogP contribution >= 0.6 is 0 Å². The van der Waals surface area contributed by atoms with Crippen molar-refractivity contribution in [3.63, 3.8) is 0 Å². The SMILES string of the molecule is O=C(NCC1CCOCC1)NC1CNC1. The summed E-state index contributed by atoms with van der Waals surface area (Å²) in [6.07, 6.45) is 2.12. The molecule has 2 heterocycles. The van der Waals surface area contributed by atoms with Gasteiger partial charge in [0.05, 0.1) is 6.04 Å². The monoisotopic (exact) mass is 213 g/mol. The molecule has 0 radical (unpaired) electrons. The highest BCUT2D eigenvalue weighted by atomic mass is 16.5. The van der Waals surface area contributed by atoms with Gasteiger partial charge < -0.3 is 20.7 Å². The molecule has 0 saturated carbocycles. The summed E-state index contributed by atoms with van der Waals surface area (Å²) in [4.78, 5) is 11.4. The Bertz CT molecular complexity index is 213. The standard InChI is InChI=1S/C10H19N3O2/c14-10(13-9-6-11-7-9)12-5-8-1-3-15-4-2-8/h8-9,11H,1-7H2,(H2,12,13,14). The summed E-state index contributed by atoms with van der Waals surface area (Å²) in [7, 11) is 0. The molecular formula is C10H19N3O2. The third-order valence-electron chi connectivity index (χ3n) is 3.01. The van der Waals surface area contributed by atoms with Gasteiger partial charge in [0.2, 0.25) is 0 Å². The molecule has 86 valence electrons. The van der Waals surface area contributed by atoms with Crippen molar-refractivity contribution in [3.8, 4) is 0 Å². The van der Waals surface area contributed by atoms with E-state index < -0.39 is 0 Å². The number of rotatable bonds is 3. The molecule has 2 amide bonds. The summed E-state index contributed by atoms with van der Waals surface area (Å²) in [5.41, 5.74) is 0. The van der Waals surface area contributed by atoms with Gasteiger partial charge in [0.25, 0.3) is 0 Å². The summed E-state index contributed by atoms with van der Waals surface area (Å²) in [5, 5.41) is 8.94. The van der Waals surface area contributed by atoms with E-state index in [1.54, 1.807) is 0 Å². The molecule has 0 atom stereocenters. The highest BCUT2D eigenvalue weighted by Crippen LogP contribution is 2.12. The van der Waals surface area contributed by atoms with Gasteiger partial charge in [-0.3, -0.25) is 0 Å². The lowest BCUT2D eigenvalue weighted by Crippen LogP contribution is -2.59. The molecule has 5 nitrogen and oxygen atoms in total. The van der Waals surface area contributed by atoms with Crippen molar-refractivity contribution in [1.29, 1.82) is 0 Å². The Labute approximate surface area is 89.9 Å². The molecule has 0 spiro atoms. The van der Waals surface area contributed by atoms with Gasteiger partial charge in [0.1, 0.15) is 0 Å². The maximum absolute atomic E-state index is 11.4. The fraction of sp³-hybridized carbons (Fsp3) is 0.900. The fourth-order valence-corrected chi connectivity index (χ4v) is 1.81. The van der Waals surface area contributed by atoms with Gasteiger partial charge in [-0.15, -0.1) is 0 Å². The minimum Gasteiger partial charge on any atom is -0.381 e. The molecule has 0 aliphatic carbocycles. The number of urea groups is 1. The summed E-state index contributed by atoms with van der Waals surface area (Å²) in [6, 6.07) is 0.285. The van der Waals surface area contributed by atoms with Crippen LogP contribution in [-0.4, -0.2) is 44.9 Å². The molecule has 2 fully saturated rings. The van der Waals surface area contributed by atoms with E-state index in [0.29, 0.717) is 12.0 Å². The number of carbonyl (C=O) groups excluding carboxylic acids is 1. The summed E-state index contributed by atoms with van der Waals surface area (Å²) in [5.74, 6) is 0.587. The second-order valence-corrected chi connectivity index (χ2v) is 4.27. The molecule has 5 heteroatoms. The Kier molecular flexibility index (Phi) is 3.80. The van der Waals surface area contributed by atoms with E-state index in [2.05, 4.69) is 16.0 Å². The van der Waals surface area contributed by atoms with Crippen molar-refractivity contribution in [3.05, 3.63) is 0 Å². The van der Waals surface area contributed by atoms with Gasteiger partial charge >= 0.3 is 6.03 Å². The number of amides is 2. The van der Waals surface area contributed by atoms with Gasteiger partial charge in [0.15, 0.2) is 0 Å². The molecule has 0 aromatic rings. The molecule has 15 heavy (non-hydrogen) atoms. The van der Waals surface area contributed by atoms with E-state index in [1.807, 2.05) is 0 Å². The van der Waals surface area contributed by atoms with Crippen LogP contribution in [0.4, 0.5) is 4.79 Å². The maximum atomic E-state index is 11.4. The van der Waals surface area contributed by atoms with E-state index in [4.69, 9.17) is 4.74 Å². The Balaban J connectivity index is 1.57. The zero-order chi connectivity index (χ0) is 10.5. The predicted octanol–water partition coefficient (Wildman–Crippen LogP) is -0.316. The van der Waals surface area contributed by atoms with Crippen molar-refractivity contribution >= 4 is 6.03 Å². The van der Waals surface area contributed by atoms with Crippen LogP contribution in [0.1, 0.15) is 12.8 Å². The molecule has 3 N–H and O–H groups in total. The van der Waals surface area contributed by atoms with Crippen molar-refractivity contribution in [1.82, 2.24) is 16.0 Å². The van der Waals surface area contributed by atoms with E-state index >= 15 is 0 Å². The first kappa shape index (κ1) is 10.7. The molecule has 0 aromatic carbocycles. The van der Waals surface area contributed by atoms with E-state index in [1.165, 1.54) is 0 Å². The van der Waals surface area contributed by atoms with Crippen molar-refractivity contribution in [2.75, 3.05) is 32.8 Å². The molecular weight excluding hydrogens is 194 g/mol. The first-order chi connectivity index (χ1) is 7.34. The van der Waals surface area contributed by atoms with Gasteiger partial charge in [-0.1, -0.05) is 0 Å². The first-order valence-corrected chi connectivity index (χ1v) is 5.67. The van der Waals surface area contributed by atoms with Crippen LogP contribution in [0.25, 0.3) is 0 Å². The number of hydrogen-bond donors (Lipinski definition) is 3. The zero-order valence-corrected chi connectivity index (χ0v) is 8.92. The third kappa shape index (κ3) is 3.35. The quantitative estimate of drug-likeness (QED) is 0.602. The Morgan fingerprint density at radius 2 is 2.07 bits per heavy atom. The van der Waals surface area contributed by atoms with E-state index in [9.17, 15) is 4.79 Å². The molecule has 0 unspecified atom stereocenters. The first-order valence-electron chi connectivity index (χ1n) is 5.67. The number of hydrogen-bond acceptors (Lipinski definition) is 3. The van der Waals surface area contributed by atoms with E-state index in [0.717, 1.165) is 45.7 Å². The van der Waals surface area contributed by atoms with Gasteiger partial charge in [0, 0.05) is 32.8 Å². The minimum atomic E-state index is -0.0343. The fourth-order valence-electron chi connectivity index (χ4n) is 1.81. The minimum absolute atomic E-state index is 0.0343. The lowest BCUT2D eigenvalue weighted by molar-refractivity contribution is 0.0668. The summed E-state index contributed by atoms with van der Waals surface area (Å²) in [6.45, 7) is 4.23. The average molecular weight is 213 g/mol. The predicted molar refractivity (Wildman–Crippen MR) is 56.7 cm³/mol. The van der Waals surface area contributed by atoms with E-state index in [-0.39, 0.29) is 6.03 Å². The summed E-state index contributed by atoms with van der Waals surface area (Å²) >= 11 is 0. The van der Waals surface area contributed by atoms with Crippen LogP contribution in [0.5, 0.6) is 0 Å². The van der Waals surface area contributed by atoms with Crippen LogP contribution in [0.3, 0.4) is 0 Å². The normalized spacial score (nSPS) is 23.2. The van der Waals surface area contributed by atoms with Crippen LogP contribution < -0.4 is 16.0 Å². The largest absolute Gasteiger partial charge is 0.381 e. The van der Waals surface area contributed by atoms with Gasteiger partial charge in [-0.2, -0.15) is 0 Å². The average Bonchev–Trinajstić information content (AvgIpc) is 2.22. The third-order valence-corrected chi connectivity index (χ3v) is 3.01. The zero-order valence-electron chi connectivity index (χ0n) is 8.92. The lowest BCUT2D eigenvalue weighted by atomic mass is 10.0. The molecule has 2 rings (SSSR count). The van der Waals surface area contributed by atoms with Gasteiger partial charge in [-0.05, 0) is 18.8 Å². The molecule has 2 aliphatic rings. The number of ether oxygens (including phenoxy) is 1. The number of carbonyl (C=O) groups is 1. The highest BCUT2D eigenvalue weighted by Gasteiger charge is 2.19. The molecule has 2 aliphatic heterocycles. The van der Waals surface area contributed by atoms with Crippen molar-refractivity contribution in [2.45, 2.75) is 18.9 Å². The Hall–Kier alpha value is -0.810. The van der Waals surface area contributed by atoms with Crippen LogP contribution in [-0.2, 0) is 4.74 Å². The van der Waals surface area contributed by atoms with Crippen molar-refractivity contribution < 1.29 is 9.53 Å². The smallest absolute Gasteiger partial charge is 0.315 e. The van der Waals surface area contributed by atoms with Gasteiger partial charge in [-0.25, -0.2) is 4.79 Å². The van der Waals surface area contributed by atoms with Crippen molar-refractivity contribution in [2.24, 2.45) is 5.92 Å². The second-order valence-electron chi connectivity index (χ2n) is 4.27. The number of nitrogens with one attached hydrogen (secondary N) is 3. The topological polar surface area (TPSA) is 62.4 Å². The lowest BCUT2D eigenvalue weighted by Gasteiger charge is -2.28. The molecule has 0 aromatic heterocycles. The summed E-state index contributed by atoms with van der Waals surface area (Å²) < 4.78 is 5.26. The second kappa shape index (κ2) is 5.32. The molecule has 0 bridgehead atoms. The van der Waals surface area contributed by atoms with Crippen LogP contribution in [0.15, 0.2) is 0 Å². The highest BCUT2D eigenvalue weighted by molar-refractivity contribution is 5.74. The van der Waals surface area contributed by atoms with Crippen LogP contribution in [0, 0.1) is 5.92 Å². The molecule has 2 saturated heterocycles. The van der Waals surface area contributed by atoms with Crippen LogP contribution in [0.2, 0.25) is 0 Å². The maximum Gasteiger partial charge on any atom is 0.315 e.